The molecular formula is C77H95ClN30O18. The van der Waals surface area contributed by atoms with Crippen LogP contribution in [0.2, 0.25) is 5.02 Å². The third-order valence-electron chi connectivity index (χ3n) is 16.1. The number of carbonyl (C=O) groups excluding carboxylic acids is 7. The summed E-state index contributed by atoms with van der Waals surface area (Å²) in [5.74, 6) is -6.05. The average molecular weight is 1760 g/mol. The number of phenols is 2. The number of aromatic nitrogens is 25. The minimum absolute atomic E-state index is 0.0247. The maximum absolute atomic E-state index is 12.1. The van der Waals surface area contributed by atoms with Crippen LogP contribution in [0, 0.1) is 0 Å². The van der Waals surface area contributed by atoms with Crippen molar-refractivity contribution in [3.63, 3.8) is 0 Å². The lowest BCUT2D eigenvalue weighted by atomic mass is 10.1. The normalized spacial score (nSPS) is 11.3. The first-order chi connectivity index (χ1) is 59.9. The predicted molar refractivity (Wildman–Crippen MR) is 442 cm³/mol. The summed E-state index contributed by atoms with van der Waals surface area (Å²) in [5.41, 5.74) is 8.31. The van der Waals surface area contributed by atoms with Crippen LogP contribution in [0.4, 0.5) is 6.01 Å². The first-order valence-corrected chi connectivity index (χ1v) is 38.1. The maximum Gasteiger partial charge on any atom is 0.328 e. The molecule has 9 aromatic heterocycles. The van der Waals surface area contributed by atoms with Gasteiger partial charge >= 0.3 is 35.9 Å². The molecule has 0 aliphatic carbocycles. The zero-order valence-corrected chi connectivity index (χ0v) is 71.4. The van der Waals surface area contributed by atoms with Crippen LogP contribution in [0.25, 0.3) is 11.1 Å². The Kier molecular flexibility index (Phi) is 39.5. The number of hydrogen-bond donors (Lipinski definition) is 10. The lowest BCUT2D eigenvalue weighted by Crippen LogP contribution is -2.49. The highest BCUT2D eigenvalue weighted by molar-refractivity contribution is 6.31. The van der Waals surface area contributed by atoms with Crippen LogP contribution >= 0.6 is 11.6 Å². The van der Waals surface area contributed by atoms with Crippen molar-refractivity contribution in [2.45, 2.75) is 103 Å². The van der Waals surface area contributed by atoms with E-state index in [1.165, 1.54) is 98.4 Å². The number of methoxy groups -OCH3 is 2. The summed E-state index contributed by atoms with van der Waals surface area (Å²) in [4.78, 5) is 118. The molecule has 0 saturated heterocycles. The number of fused-ring (bicyclic) bond motifs is 1. The highest BCUT2D eigenvalue weighted by Gasteiger charge is 2.27. The van der Waals surface area contributed by atoms with Gasteiger partial charge in [0.2, 0.25) is 17.7 Å². The minimum atomic E-state index is -1.15. The Balaban J connectivity index is 0.000000227. The first-order valence-electron chi connectivity index (χ1n) is 37.7. The Morgan fingerprint density at radius 1 is 0.437 bits per heavy atom. The SMILES string of the molecule is CC(NC(=O)C(C)NC(=O)c1cn(C)nn1)C(=O)O.CCCc1cn(C)nn1.COC(=O)C(Cc1ccc(O)cc1)NC(=O)Cc1cn(C)nn1.COC(=O)C(Cc1ccc(O)cc1)NC(=O)c1cn(C)nn1.Cn1cc(CC(=O)Nc2nc3cc(Cl)ccc3o2)nn1.Cn1cc(CC(=O)O)nn1.Cn1cc(CC(=O)O)nn1.Cn1cc(Cc2ccccc2)nn1. The molecule has 49 heteroatoms. The fourth-order valence-corrected chi connectivity index (χ4v) is 10.4. The number of carboxylic acids is 3. The van der Waals surface area contributed by atoms with Gasteiger partial charge in [-0.1, -0.05) is 121 Å². The Hall–Kier alpha value is -15.9. The first kappa shape index (κ1) is 98.9. The van der Waals surface area contributed by atoms with Gasteiger partial charge in [0.25, 0.3) is 11.8 Å². The Bertz CT molecular complexity index is 5600. The van der Waals surface area contributed by atoms with Gasteiger partial charge in [-0.3, -0.25) is 81.1 Å². The molecule has 0 radical (unpaired) electrons. The average Bonchev–Trinajstić information content (AvgIpc) is 1.67. The summed E-state index contributed by atoms with van der Waals surface area (Å²) >= 11 is 5.86. The maximum atomic E-state index is 12.1. The largest absolute Gasteiger partial charge is 0.508 e. The number of carboxylic acid groups (broad SMARTS) is 3. The summed E-state index contributed by atoms with van der Waals surface area (Å²) in [6.45, 7) is 4.91. The summed E-state index contributed by atoms with van der Waals surface area (Å²) in [7, 11) is 16.3. The molecule has 4 unspecified atom stereocenters. The van der Waals surface area contributed by atoms with Crippen LogP contribution < -0.4 is 26.6 Å². The zero-order chi connectivity index (χ0) is 92.5. The molecule has 48 nitrogen and oxygen atoms in total. The van der Waals surface area contributed by atoms with Crippen LogP contribution in [0.3, 0.4) is 0 Å². The zero-order valence-electron chi connectivity index (χ0n) is 70.6. The van der Waals surface area contributed by atoms with Crippen molar-refractivity contribution in [3.8, 4) is 11.5 Å². The van der Waals surface area contributed by atoms with Gasteiger partial charge in [-0.05, 0) is 79.4 Å². The van der Waals surface area contributed by atoms with Crippen molar-refractivity contribution < 1.29 is 87.4 Å². The van der Waals surface area contributed by atoms with E-state index in [0.29, 0.717) is 38.9 Å². The van der Waals surface area contributed by atoms with Crippen LogP contribution in [-0.2, 0) is 156 Å². The number of nitrogens with zero attached hydrogens (tertiary/aromatic N) is 25. The number of benzene rings is 4. The number of rotatable bonds is 27. The molecule has 13 aromatic rings. The van der Waals surface area contributed by atoms with Gasteiger partial charge in [-0.25, -0.2) is 9.59 Å². The van der Waals surface area contributed by atoms with E-state index in [1.54, 1.807) is 119 Å². The molecule has 13 rings (SSSR count). The van der Waals surface area contributed by atoms with Gasteiger partial charge in [0, 0.05) is 118 Å². The second kappa shape index (κ2) is 50.3. The number of oxazole rings is 1. The number of anilines is 1. The lowest BCUT2D eigenvalue weighted by molar-refractivity contribution is -0.145. The standard InChI is InChI=1S/C15H18N4O4.C14H16N4O4.C12H10ClN5O2.C10H15N5O4.C10H11N3.C6H11N3.2C5H7N3O2/c1-19-9-11(17-18-19)8-14(21)16-13(15(22)23-2)7-10-3-5-12(20)6-4-10;1-18-8-12(16-17-18)13(20)15-11(14(21)22-2)7-9-3-5-10(19)6-4-9;1-18-6-8(16-17-18)5-11(19)15-12-14-9-4-7(13)2-3-10(9)20-12;1-5(8(16)12-6(2)10(18)19)11-9(17)7-4-15(3)14-13-7;1-13-8-10(11-12-13)7-9-5-3-2-4-6-9;1-3-4-6-5-9(2)8-7-6;2*1-8-3-4(6-7-8)2-5(9)10/h3-6,9,13,20H,7-8H2,1-2H3,(H,16,21);3-6,8,11,19H,7H2,1-2H3,(H,15,20);2-4,6H,5H2,1H3,(H,14,15,19);4-6H,1-3H3,(H,11,17)(H,12,16)(H,18,19);2-6,8H,7H2,1H3;5H,3-4H2,1-2H3;2*3H,2H2,1H3,(H,9,10). The molecule has 668 valence electrons. The molecule has 0 fully saturated rings. The number of halogens is 1. The lowest BCUT2D eigenvalue weighted by Gasteiger charge is -2.16. The molecule has 10 N–H and O–H groups in total. The van der Waals surface area contributed by atoms with E-state index in [0.717, 1.165) is 41.8 Å². The quantitative estimate of drug-likeness (QED) is 0.0325. The summed E-state index contributed by atoms with van der Waals surface area (Å²) in [6, 6.07) is 24.6. The fraction of sp³-hybridized carbons (Fsp3) is 0.338. The van der Waals surface area contributed by atoms with Gasteiger partial charge in [-0.2, -0.15) is 4.98 Å². The summed E-state index contributed by atoms with van der Waals surface area (Å²) in [5, 5.41) is 116. The molecule has 0 saturated carbocycles. The van der Waals surface area contributed by atoms with Crippen LogP contribution in [0.1, 0.15) is 99.0 Å². The van der Waals surface area contributed by atoms with Crippen molar-refractivity contribution in [2.24, 2.45) is 56.4 Å². The number of aromatic hydroxyl groups is 2. The molecule has 9 heterocycles. The Morgan fingerprint density at radius 2 is 0.825 bits per heavy atom. The molecule has 126 heavy (non-hydrogen) atoms. The van der Waals surface area contributed by atoms with E-state index < -0.39 is 71.7 Å². The van der Waals surface area contributed by atoms with Crippen molar-refractivity contribution in [1.82, 2.24) is 146 Å². The van der Waals surface area contributed by atoms with Gasteiger partial charge < -0.3 is 60.7 Å². The van der Waals surface area contributed by atoms with E-state index >= 15 is 0 Å². The van der Waals surface area contributed by atoms with Gasteiger partial charge in [-0.15, -0.1) is 40.8 Å². The molecule has 0 bridgehead atoms. The van der Waals surface area contributed by atoms with Crippen LogP contribution in [0.5, 0.6) is 11.5 Å². The number of phenolic OH excluding ortho intramolecular Hbond substituents is 2. The van der Waals surface area contributed by atoms with Crippen LogP contribution in [0.15, 0.2) is 151 Å². The van der Waals surface area contributed by atoms with Gasteiger partial charge in [0.05, 0.1) is 86.5 Å². The number of esters is 2. The van der Waals surface area contributed by atoms with Gasteiger partial charge in [0.15, 0.2) is 17.0 Å². The molecule has 0 spiro atoms. The minimum Gasteiger partial charge on any atom is -0.508 e. The van der Waals surface area contributed by atoms with E-state index in [9.17, 15) is 58.2 Å². The molecule has 4 aromatic carbocycles. The summed E-state index contributed by atoms with van der Waals surface area (Å²) in [6.07, 6.45) is 16.7. The number of amides is 5. The van der Waals surface area contributed by atoms with E-state index in [4.69, 9.17) is 40.8 Å². The van der Waals surface area contributed by atoms with Gasteiger partial charge in [0.1, 0.15) is 41.2 Å². The molecule has 0 aliphatic heterocycles. The van der Waals surface area contributed by atoms with Crippen molar-refractivity contribution in [2.75, 3.05) is 19.5 Å². The van der Waals surface area contributed by atoms with E-state index in [1.807, 2.05) is 44.7 Å². The van der Waals surface area contributed by atoms with Crippen molar-refractivity contribution >= 4 is 88.1 Å². The third-order valence-corrected chi connectivity index (χ3v) is 16.3. The number of nitrogens with one attached hydrogen (secondary N) is 5. The molecule has 5 amide bonds. The highest BCUT2D eigenvalue weighted by Crippen LogP contribution is 2.23. The van der Waals surface area contributed by atoms with E-state index in [2.05, 4.69) is 133 Å². The molecular weight excluding hydrogens is 1670 g/mol. The number of carbonyl (C=O) groups is 10. The number of ether oxygens (including phenoxy) is 2. The van der Waals surface area contributed by atoms with E-state index in [-0.39, 0.29) is 79.2 Å². The fourth-order valence-electron chi connectivity index (χ4n) is 10.2. The van der Waals surface area contributed by atoms with Crippen molar-refractivity contribution in [1.29, 1.82) is 0 Å². The Labute approximate surface area is 722 Å². The second-order valence-electron chi connectivity index (χ2n) is 27.1. The van der Waals surface area contributed by atoms with Crippen molar-refractivity contribution in [3.05, 3.63) is 214 Å². The second-order valence-corrected chi connectivity index (χ2v) is 27.6. The number of aliphatic carboxylic acids is 3. The molecule has 4 atom stereocenters. The molecule has 0 aliphatic rings. The van der Waals surface area contributed by atoms with Crippen LogP contribution in [-0.4, -0.2) is 248 Å². The topological polar surface area (TPSA) is 622 Å². The monoisotopic (exact) mass is 1760 g/mol. The number of aryl methyl sites for hydroxylation is 9. The third kappa shape index (κ3) is 36.6. The number of hydrogen-bond acceptors (Lipinski definition) is 32. The smallest absolute Gasteiger partial charge is 0.328 e. The summed E-state index contributed by atoms with van der Waals surface area (Å²) < 4.78 is 27.0. The predicted octanol–water partition coefficient (Wildman–Crippen LogP) is 1.37. The Morgan fingerprint density at radius 3 is 1.21 bits per heavy atom. The highest BCUT2D eigenvalue weighted by atomic mass is 35.5.